The number of rotatable bonds is 3. The van der Waals surface area contributed by atoms with Crippen LogP contribution in [0, 0.1) is 6.92 Å². The molecule has 1 unspecified atom stereocenters. The minimum atomic E-state index is -0.0710. The molecule has 0 aliphatic rings. The van der Waals surface area contributed by atoms with E-state index in [0.29, 0.717) is 0 Å². The second-order valence-electron chi connectivity index (χ2n) is 4.12. The van der Waals surface area contributed by atoms with Gasteiger partial charge in [-0.05, 0) is 20.3 Å². The molecule has 2 aromatic rings. The van der Waals surface area contributed by atoms with Gasteiger partial charge in [-0.15, -0.1) is 11.6 Å². The Bertz CT molecular complexity index is 509. The number of halogens is 1. The number of imidazole rings is 1. The van der Waals surface area contributed by atoms with E-state index in [2.05, 4.69) is 21.6 Å². The summed E-state index contributed by atoms with van der Waals surface area (Å²) in [4.78, 5) is 4.60. The van der Waals surface area contributed by atoms with Gasteiger partial charge in [-0.3, -0.25) is 4.68 Å². The molecular weight excluding hydrogens is 224 g/mol. The standard InChI is InChI=1S/C11H17ClN4/c1-5-6-16-10(7(2)12)13-9-8(3)14-15(4)11(9)16/h7H,5-6H2,1-4H3. The Labute approximate surface area is 100 Å². The highest BCUT2D eigenvalue weighted by atomic mass is 35.5. The zero-order valence-electron chi connectivity index (χ0n) is 10.2. The fourth-order valence-electron chi connectivity index (χ4n) is 2.10. The SMILES string of the molecule is CCCn1c(C(C)Cl)nc2c(C)nn(C)c21. The molecule has 88 valence electrons. The third-order valence-corrected chi connectivity index (χ3v) is 2.92. The van der Waals surface area contributed by atoms with Crippen molar-refractivity contribution in [3.63, 3.8) is 0 Å². The number of nitrogens with zero attached hydrogens (tertiary/aromatic N) is 4. The van der Waals surface area contributed by atoms with Gasteiger partial charge < -0.3 is 4.57 Å². The predicted octanol–water partition coefficient (Wildman–Crippen LogP) is 2.79. The summed E-state index contributed by atoms with van der Waals surface area (Å²) in [5, 5.41) is 4.31. The minimum absolute atomic E-state index is 0.0710. The lowest BCUT2D eigenvalue weighted by Gasteiger charge is -2.09. The average molecular weight is 241 g/mol. The van der Waals surface area contributed by atoms with Gasteiger partial charge in [0, 0.05) is 13.6 Å². The van der Waals surface area contributed by atoms with Crippen molar-refractivity contribution in [3.8, 4) is 0 Å². The van der Waals surface area contributed by atoms with Crippen LogP contribution in [0.15, 0.2) is 0 Å². The van der Waals surface area contributed by atoms with E-state index in [1.807, 2.05) is 25.6 Å². The highest BCUT2D eigenvalue weighted by Crippen LogP contribution is 2.26. The zero-order chi connectivity index (χ0) is 11.9. The lowest BCUT2D eigenvalue weighted by molar-refractivity contribution is 0.626. The van der Waals surface area contributed by atoms with Gasteiger partial charge in [-0.25, -0.2) is 4.98 Å². The first kappa shape index (κ1) is 11.5. The number of hydrogen-bond acceptors (Lipinski definition) is 2. The van der Waals surface area contributed by atoms with E-state index < -0.39 is 0 Å². The van der Waals surface area contributed by atoms with E-state index in [4.69, 9.17) is 11.6 Å². The molecule has 2 rings (SSSR count). The summed E-state index contributed by atoms with van der Waals surface area (Å²) in [5.41, 5.74) is 3.01. The fraction of sp³-hybridized carbons (Fsp3) is 0.636. The van der Waals surface area contributed by atoms with Crippen molar-refractivity contribution in [2.75, 3.05) is 0 Å². The van der Waals surface area contributed by atoms with Crippen LogP contribution in [0.1, 0.15) is 37.2 Å². The Hall–Kier alpha value is -1.03. The quantitative estimate of drug-likeness (QED) is 0.774. The molecule has 0 bridgehead atoms. The first-order chi connectivity index (χ1) is 7.56. The molecule has 0 saturated heterocycles. The van der Waals surface area contributed by atoms with Crippen LogP contribution < -0.4 is 0 Å². The number of fused-ring (bicyclic) bond motifs is 1. The largest absolute Gasteiger partial charge is 0.312 e. The molecule has 0 saturated carbocycles. The maximum Gasteiger partial charge on any atom is 0.158 e. The summed E-state index contributed by atoms with van der Waals surface area (Å²) < 4.78 is 4.06. The monoisotopic (exact) mass is 240 g/mol. The van der Waals surface area contributed by atoms with Crippen molar-refractivity contribution >= 4 is 22.8 Å². The third kappa shape index (κ3) is 1.61. The second-order valence-corrected chi connectivity index (χ2v) is 4.77. The van der Waals surface area contributed by atoms with Crippen LogP contribution in [-0.4, -0.2) is 19.3 Å². The average Bonchev–Trinajstić information content (AvgIpc) is 2.69. The van der Waals surface area contributed by atoms with Crippen molar-refractivity contribution in [2.45, 2.75) is 39.1 Å². The van der Waals surface area contributed by atoms with Gasteiger partial charge in [-0.1, -0.05) is 6.92 Å². The Morgan fingerprint density at radius 2 is 2.12 bits per heavy atom. The summed E-state index contributed by atoms with van der Waals surface area (Å²) >= 11 is 6.16. The molecule has 4 nitrogen and oxygen atoms in total. The van der Waals surface area contributed by atoms with Crippen LogP contribution in [0.3, 0.4) is 0 Å². The van der Waals surface area contributed by atoms with Crippen molar-refractivity contribution in [1.82, 2.24) is 19.3 Å². The van der Waals surface area contributed by atoms with Crippen LogP contribution in [0.5, 0.6) is 0 Å². The lowest BCUT2D eigenvalue weighted by Crippen LogP contribution is -2.07. The smallest absolute Gasteiger partial charge is 0.158 e. The molecule has 0 aromatic carbocycles. The summed E-state index contributed by atoms with van der Waals surface area (Å²) in [6, 6.07) is 0. The molecule has 0 spiro atoms. The first-order valence-corrected chi connectivity index (χ1v) is 6.03. The van der Waals surface area contributed by atoms with Gasteiger partial charge in [0.25, 0.3) is 0 Å². The molecule has 0 fully saturated rings. The van der Waals surface area contributed by atoms with Crippen molar-refractivity contribution < 1.29 is 0 Å². The highest BCUT2D eigenvalue weighted by Gasteiger charge is 2.19. The zero-order valence-corrected chi connectivity index (χ0v) is 10.9. The Morgan fingerprint density at radius 1 is 1.44 bits per heavy atom. The Balaban J connectivity index is 2.72. The fourth-order valence-corrected chi connectivity index (χ4v) is 2.27. The third-order valence-electron chi connectivity index (χ3n) is 2.72. The lowest BCUT2D eigenvalue weighted by atomic mass is 10.4. The Morgan fingerprint density at radius 3 is 2.69 bits per heavy atom. The maximum absolute atomic E-state index is 6.16. The molecule has 0 aliphatic carbocycles. The topological polar surface area (TPSA) is 35.6 Å². The van der Waals surface area contributed by atoms with E-state index in [9.17, 15) is 0 Å². The predicted molar refractivity (Wildman–Crippen MR) is 65.8 cm³/mol. The number of hydrogen-bond donors (Lipinski definition) is 0. The van der Waals surface area contributed by atoms with Crippen LogP contribution in [0.2, 0.25) is 0 Å². The summed E-state index contributed by atoms with van der Waals surface area (Å²) in [6.07, 6.45) is 1.06. The summed E-state index contributed by atoms with van der Waals surface area (Å²) in [7, 11) is 1.95. The molecule has 0 N–H and O–H groups in total. The van der Waals surface area contributed by atoms with Gasteiger partial charge >= 0.3 is 0 Å². The molecule has 2 aromatic heterocycles. The van der Waals surface area contributed by atoms with E-state index in [0.717, 1.165) is 35.6 Å². The summed E-state index contributed by atoms with van der Waals surface area (Å²) in [5.74, 6) is 0.939. The van der Waals surface area contributed by atoms with Crippen LogP contribution >= 0.6 is 11.6 Å². The van der Waals surface area contributed by atoms with Crippen LogP contribution in [0.4, 0.5) is 0 Å². The number of alkyl halides is 1. The molecule has 0 aliphatic heterocycles. The van der Waals surface area contributed by atoms with E-state index >= 15 is 0 Å². The van der Waals surface area contributed by atoms with Gasteiger partial charge in [0.1, 0.15) is 11.3 Å². The van der Waals surface area contributed by atoms with E-state index in [-0.39, 0.29) is 5.38 Å². The van der Waals surface area contributed by atoms with Gasteiger partial charge in [-0.2, -0.15) is 5.10 Å². The van der Waals surface area contributed by atoms with Crippen molar-refractivity contribution in [3.05, 3.63) is 11.5 Å². The molecule has 0 radical (unpaired) electrons. The first-order valence-electron chi connectivity index (χ1n) is 5.60. The molecule has 16 heavy (non-hydrogen) atoms. The van der Waals surface area contributed by atoms with Crippen LogP contribution in [0.25, 0.3) is 11.2 Å². The van der Waals surface area contributed by atoms with Crippen molar-refractivity contribution in [1.29, 1.82) is 0 Å². The van der Waals surface area contributed by atoms with E-state index in [1.54, 1.807) is 0 Å². The molecule has 2 heterocycles. The van der Waals surface area contributed by atoms with Gasteiger partial charge in [0.15, 0.2) is 5.65 Å². The number of aromatic nitrogens is 4. The van der Waals surface area contributed by atoms with Gasteiger partial charge in [0.05, 0.1) is 11.1 Å². The van der Waals surface area contributed by atoms with E-state index in [1.165, 1.54) is 0 Å². The maximum atomic E-state index is 6.16. The molecule has 0 amide bonds. The normalized spacial score (nSPS) is 13.6. The minimum Gasteiger partial charge on any atom is -0.312 e. The van der Waals surface area contributed by atoms with Gasteiger partial charge in [0.2, 0.25) is 0 Å². The Kier molecular flexibility index (Phi) is 2.93. The number of aryl methyl sites for hydroxylation is 3. The highest BCUT2D eigenvalue weighted by molar-refractivity contribution is 6.20. The molecule has 5 heteroatoms. The molecule has 1 atom stereocenters. The second kappa shape index (κ2) is 4.09. The van der Waals surface area contributed by atoms with Crippen LogP contribution in [-0.2, 0) is 13.6 Å². The van der Waals surface area contributed by atoms with Crippen molar-refractivity contribution in [2.24, 2.45) is 7.05 Å². The molecular formula is C11H17ClN4. The summed E-state index contributed by atoms with van der Waals surface area (Å²) in [6.45, 7) is 7.02.